The third-order valence-corrected chi connectivity index (χ3v) is 4.18. The summed E-state index contributed by atoms with van der Waals surface area (Å²) in [7, 11) is 0. The van der Waals surface area contributed by atoms with Crippen LogP contribution in [0.5, 0.6) is 0 Å². The summed E-state index contributed by atoms with van der Waals surface area (Å²) >= 11 is 0. The Bertz CT molecular complexity index is 795. The molecule has 1 aliphatic heterocycles. The Morgan fingerprint density at radius 1 is 0.609 bits per heavy atom. The molecule has 112 valence electrons. The van der Waals surface area contributed by atoms with Crippen LogP contribution in [-0.4, -0.2) is 5.71 Å². The molecule has 1 N–H and O–H groups in total. The summed E-state index contributed by atoms with van der Waals surface area (Å²) in [6, 6.07) is 31.5. The number of nitrogens with zero attached hydrogens (tertiary/aromatic N) is 1. The van der Waals surface area contributed by atoms with Gasteiger partial charge in [0.25, 0.3) is 0 Å². The highest BCUT2D eigenvalue weighted by molar-refractivity contribution is 6.06. The third kappa shape index (κ3) is 2.81. The van der Waals surface area contributed by atoms with Gasteiger partial charge in [0.05, 0.1) is 11.8 Å². The normalized spacial score (nSPS) is 20.3. The van der Waals surface area contributed by atoms with Crippen molar-refractivity contribution in [2.45, 2.75) is 12.2 Å². The lowest BCUT2D eigenvalue weighted by molar-refractivity contribution is 0.574. The lowest BCUT2D eigenvalue weighted by Crippen LogP contribution is -2.23. The molecule has 3 aromatic rings. The van der Waals surface area contributed by atoms with Gasteiger partial charge < -0.3 is 0 Å². The van der Waals surface area contributed by atoms with E-state index in [0.717, 1.165) is 5.71 Å². The maximum atomic E-state index is 4.99. The maximum Gasteiger partial charge on any atom is 0.126 e. The summed E-state index contributed by atoms with van der Waals surface area (Å²) in [5.74, 6) is 0. The SMILES string of the molecule is c1ccc(C2=N[C@@H](c3ccccc3)N[C@H]2c2ccccc2)cc1. The van der Waals surface area contributed by atoms with Gasteiger partial charge in [0, 0.05) is 0 Å². The highest BCUT2D eigenvalue weighted by Gasteiger charge is 2.30. The van der Waals surface area contributed by atoms with Gasteiger partial charge in [-0.3, -0.25) is 10.3 Å². The third-order valence-electron chi connectivity index (χ3n) is 4.18. The van der Waals surface area contributed by atoms with Gasteiger partial charge in [-0.15, -0.1) is 0 Å². The minimum atomic E-state index is -0.00314. The van der Waals surface area contributed by atoms with Gasteiger partial charge in [-0.1, -0.05) is 91.0 Å². The Hall–Kier alpha value is -2.71. The molecule has 2 heteroatoms. The minimum Gasteiger partial charge on any atom is -0.280 e. The largest absolute Gasteiger partial charge is 0.280 e. The van der Waals surface area contributed by atoms with Crippen molar-refractivity contribution in [3.8, 4) is 0 Å². The fourth-order valence-electron chi connectivity index (χ4n) is 3.04. The predicted octanol–water partition coefficient (Wildman–Crippen LogP) is 4.52. The van der Waals surface area contributed by atoms with E-state index in [0.29, 0.717) is 0 Å². The number of nitrogens with one attached hydrogen (secondary N) is 1. The van der Waals surface area contributed by atoms with E-state index < -0.39 is 0 Å². The molecule has 0 fully saturated rings. The van der Waals surface area contributed by atoms with E-state index >= 15 is 0 Å². The van der Waals surface area contributed by atoms with Crippen molar-refractivity contribution < 1.29 is 0 Å². The monoisotopic (exact) mass is 298 g/mol. The molecule has 23 heavy (non-hydrogen) atoms. The number of hydrogen-bond donors (Lipinski definition) is 1. The van der Waals surface area contributed by atoms with Crippen LogP contribution in [0.4, 0.5) is 0 Å². The van der Waals surface area contributed by atoms with E-state index in [2.05, 4.69) is 78.1 Å². The second kappa shape index (κ2) is 6.19. The van der Waals surface area contributed by atoms with Crippen LogP contribution in [0.3, 0.4) is 0 Å². The van der Waals surface area contributed by atoms with E-state index in [4.69, 9.17) is 4.99 Å². The summed E-state index contributed by atoms with van der Waals surface area (Å²) in [5, 5.41) is 3.67. The summed E-state index contributed by atoms with van der Waals surface area (Å²) in [6.45, 7) is 0. The van der Waals surface area contributed by atoms with E-state index in [-0.39, 0.29) is 12.2 Å². The first-order valence-electron chi connectivity index (χ1n) is 7.91. The predicted molar refractivity (Wildman–Crippen MR) is 94.5 cm³/mol. The molecular weight excluding hydrogens is 280 g/mol. The molecule has 0 saturated heterocycles. The number of rotatable bonds is 3. The maximum absolute atomic E-state index is 4.99. The fraction of sp³-hybridized carbons (Fsp3) is 0.0952. The topological polar surface area (TPSA) is 24.4 Å². The molecule has 0 saturated carbocycles. The van der Waals surface area contributed by atoms with Crippen LogP contribution < -0.4 is 5.32 Å². The van der Waals surface area contributed by atoms with Gasteiger partial charge in [-0.25, -0.2) is 0 Å². The number of aliphatic imine (C=N–C) groups is 1. The van der Waals surface area contributed by atoms with Gasteiger partial charge in [0.1, 0.15) is 6.17 Å². The molecule has 0 amide bonds. The van der Waals surface area contributed by atoms with Crippen LogP contribution >= 0.6 is 0 Å². The standard InChI is InChI=1S/C21H18N2/c1-4-10-16(11-5-1)19-20(17-12-6-2-7-13-17)23-21(22-19)18-14-8-3-9-15-18/h1-15,19,21-22H/t19-,21-/m0/s1. The molecule has 2 nitrogen and oxygen atoms in total. The Morgan fingerprint density at radius 2 is 1.13 bits per heavy atom. The second-order valence-corrected chi connectivity index (χ2v) is 5.70. The lowest BCUT2D eigenvalue weighted by Gasteiger charge is -2.16. The number of hydrogen-bond acceptors (Lipinski definition) is 2. The number of benzene rings is 3. The molecule has 4 rings (SSSR count). The van der Waals surface area contributed by atoms with E-state index in [1.165, 1.54) is 16.7 Å². The zero-order valence-electron chi connectivity index (χ0n) is 12.8. The molecule has 0 aliphatic carbocycles. The Balaban J connectivity index is 1.76. The molecular formula is C21H18N2. The van der Waals surface area contributed by atoms with Crippen molar-refractivity contribution >= 4 is 5.71 Å². The van der Waals surface area contributed by atoms with Crippen LogP contribution in [0.1, 0.15) is 28.9 Å². The highest BCUT2D eigenvalue weighted by Crippen LogP contribution is 2.31. The van der Waals surface area contributed by atoms with Gasteiger partial charge in [0.15, 0.2) is 0 Å². The van der Waals surface area contributed by atoms with Gasteiger partial charge in [-0.2, -0.15) is 0 Å². The van der Waals surface area contributed by atoms with Crippen LogP contribution in [0.15, 0.2) is 96.0 Å². The van der Waals surface area contributed by atoms with E-state index in [1.54, 1.807) is 0 Å². The lowest BCUT2D eigenvalue weighted by atomic mass is 9.97. The Kier molecular flexibility index (Phi) is 3.75. The Labute approximate surface area is 136 Å². The second-order valence-electron chi connectivity index (χ2n) is 5.70. The zero-order chi connectivity index (χ0) is 15.5. The average molecular weight is 298 g/mol. The van der Waals surface area contributed by atoms with Gasteiger partial charge in [-0.05, 0) is 16.7 Å². The van der Waals surface area contributed by atoms with Crippen LogP contribution in [0.25, 0.3) is 0 Å². The Morgan fingerprint density at radius 3 is 1.74 bits per heavy atom. The molecule has 2 atom stereocenters. The molecule has 1 heterocycles. The van der Waals surface area contributed by atoms with Crippen molar-refractivity contribution in [1.82, 2.24) is 5.32 Å². The van der Waals surface area contributed by atoms with Crippen molar-refractivity contribution in [2.75, 3.05) is 0 Å². The van der Waals surface area contributed by atoms with E-state index in [9.17, 15) is 0 Å². The first-order chi connectivity index (χ1) is 11.4. The summed E-state index contributed by atoms with van der Waals surface area (Å²) < 4.78 is 0. The highest BCUT2D eigenvalue weighted by atomic mass is 15.2. The van der Waals surface area contributed by atoms with Crippen molar-refractivity contribution in [3.63, 3.8) is 0 Å². The molecule has 0 spiro atoms. The molecule has 3 aromatic carbocycles. The fourth-order valence-corrected chi connectivity index (χ4v) is 3.04. The van der Waals surface area contributed by atoms with Crippen LogP contribution in [0.2, 0.25) is 0 Å². The van der Waals surface area contributed by atoms with Gasteiger partial charge >= 0.3 is 0 Å². The molecule has 1 aliphatic rings. The minimum absolute atomic E-state index is 0.00314. The van der Waals surface area contributed by atoms with Gasteiger partial charge in [0.2, 0.25) is 0 Å². The molecule has 0 radical (unpaired) electrons. The average Bonchev–Trinajstić information content (AvgIpc) is 3.09. The van der Waals surface area contributed by atoms with Crippen molar-refractivity contribution in [3.05, 3.63) is 108 Å². The first kappa shape index (κ1) is 13.9. The van der Waals surface area contributed by atoms with Crippen molar-refractivity contribution in [2.24, 2.45) is 4.99 Å². The molecule has 0 bridgehead atoms. The summed E-state index contributed by atoms with van der Waals surface area (Å²) in [6.07, 6.45) is -0.00314. The van der Waals surface area contributed by atoms with E-state index in [1.807, 2.05) is 18.2 Å². The first-order valence-corrected chi connectivity index (χ1v) is 7.91. The quantitative estimate of drug-likeness (QED) is 0.755. The van der Waals surface area contributed by atoms with Crippen LogP contribution in [0, 0.1) is 0 Å². The molecule has 0 unspecified atom stereocenters. The van der Waals surface area contributed by atoms with Crippen LogP contribution in [-0.2, 0) is 0 Å². The van der Waals surface area contributed by atoms with Crippen molar-refractivity contribution in [1.29, 1.82) is 0 Å². The zero-order valence-corrected chi connectivity index (χ0v) is 12.8. The summed E-state index contributed by atoms with van der Waals surface area (Å²) in [4.78, 5) is 4.99. The summed E-state index contributed by atoms with van der Waals surface area (Å²) in [5.41, 5.74) is 4.71. The smallest absolute Gasteiger partial charge is 0.126 e. The molecule has 0 aromatic heterocycles.